The summed E-state index contributed by atoms with van der Waals surface area (Å²) in [4.78, 5) is 7.11. The first kappa shape index (κ1) is 28.9. The van der Waals surface area contributed by atoms with E-state index in [9.17, 15) is 27.1 Å². The lowest BCUT2D eigenvalue weighted by Crippen LogP contribution is -2.53. The molecule has 1 unspecified atom stereocenters. The molecule has 8 nitrogen and oxygen atoms in total. The van der Waals surface area contributed by atoms with Crippen molar-refractivity contribution < 1.29 is 40.6 Å². The quantitative estimate of drug-likeness (QED) is 0.117. The molecule has 0 saturated heterocycles. The van der Waals surface area contributed by atoms with Gasteiger partial charge in [0.15, 0.2) is 5.60 Å². The van der Waals surface area contributed by atoms with Gasteiger partial charge in [-0.3, -0.25) is 9.99 Å². The number of aromatic nitrogens is 2. The highest BCUT2D eigenvalue weighted by atomic mass is 35.5. The van der Waals surface area contributed by atoms with Crippen molar-refractivity contribution in [1.29, 1.82) is 0 Å². The molecule has 3 rings (SSSR count). The van der Waals surface area contributed by atoms with Crippen molar-refractivity contribution in [3.05, 3.63) is 87.8 Å². The highest BCUT2D eigenvalue weighted by Crippen LogP contribution is 2.46. The van der Waals surface area contributed by atoms with E-state index in [1.165, 1.54) is 0 Å². The Morgan fingerprint density at radius 2 is 1.76 bits per heavy atom. The molecule has 2 aromatic heterocycles. The standard InChI is InChI=1S/C22H18ClF7N6O2/c23-16-5-13(22(28,29)30)8-34-19(16)38-9-12-1-4-18(33-7-12)21(26,27)20(37,10-36(32)11-35-31)15-3-2-14(24)6-17(15)25/h1-8,11,37H,9-10,31-32H2/b35-11-. The summed E-state index contributed by atoms with van der Waals surface area (Å²) in [6, 6.07) is 4.13. The van der Waals surface area contributed by atoms with Gasteiger partial charge in [-0.2, -0.15) is 27.1 Å². The molecule has 0 saturated carbocycles. The van der Waals surface area contributed by atoms with Crippen molar-refractivity contribution in [2.75, 3.05) is 6.54 Å². The summed E-state index contributed by atoms with van der Waals surface area (Å²) in [5, 5.41) is 14.1. The number of halogens is 8. The van der Waals surface area contributed by atoms with Crippen molar-refractivity contribution in [2.24, 2.45) is 16.8 Å². The van der Waals surface area contributed by atoms with Crippen LogP contribution in [0.1, 0.15) is 22.4 Å². The number of pyridine rings is 2. The molecule has 1 atom stereocenters. The van der Waals surface area contributed by atoms with Gasteiger partial charge in [0.2, 0.25) is 5.88 Å². The molecule has 0 fully saturated rings. The van der Waals surface area contributed by atoms with Crippen LogP contribution in [0.4, 0.5) is 30.7 Å². The Kier molecular flexibility index (Phi) is 8.33. The van der Waals surface area contributed by atoms with Crippen LogP contribution in [-0.2, 0) is 24.3 Å². The Labute approximate surface area is 215 Å². The number of nitrogens with zero attached hydrogens (tertiary/aromatic N) is 4. The molecule has 0 amide bonds. The fraction of sp³-hybridized carbons (Fsp3) is 0.227. The zero-order valence-electron chi connectivity index (χ0n) is 18.9. The third kappa shape index (κ3) is 6.06. The highest BCUT2D eigenvalue weighted by molar-refractivity contribution is 6.31. The van der Waals surface area contributed by atoms with Crippen LogP contribution in [0.25, 0.3) is 0 Å². The summed E-state index contributed by atoms with van der Waals surface area (Å²) < 4.78 is 103. The molecule has 204 valence electrons. The van der Waals surface area contributed by atoms with Crippen LogP contribution < -0.4 is 16.4 Å². The van der Waals surface area contributed by atoms with Crippen molar-refractivity contribution in [3.63, 3.8) is 0 Å². The Hall–Kier alpha value is -3.69. The largest absolute Gasteiger partial charge is 0.472 e. The molecule has 0 bridgehead atoms. The van der Waals surface area contributed by atoms with E-state index in [2.05, 4.69) is 15.1 Å². The van der Waals surface area contributed by atoms with Crippen molar-refractivity contribution in [3.8, 4) is 5.88 Å². The maximum absolute atomic E-state index is 15.7. The SMILES string of the molecule is N/N=C\N(N)CC(O)(c1ccc(F)cc1F)C(F)(F)c1ccc(COc2ncc(C(F)(F)F)cc2Cl)cn1. The normalized spacial score (nSPS) is 13.9. The second kappa shape index (κ2) is 11.0. The monoisotopic (exact) mass is 566 g/mol. The number of alkyl halides is 5. The van der Waals surface area contributed by atoms with Gasteiger partial charge in [-0.15, -0.1) is 0 Å². The first-order chi connectivity index (χ1) is 17.7. The van der Waals surface area contributed by atoms with E-state index >= 15 is 8.78 Å². The topological polar surface area (TPSA) is 123 Å². The second-order valence-corrected chi connectivity index (χ2v) is 8.25. The van der Waals surface area contributed by atoms with Gasteiger partial charge in [-0.1, -0.05) is 17.7 Å². The Morgan fingerprint density at radius 1 is 1.05 bits per heavy atom. The number of hydrazone groups is 1. The number of aliphatic hydroxyl groups is 1. The maximum Gasteiger partial charge on any atom is 0.417 e. The fourth-order valence-corrected chi connectivity index (χ4v) is 3.54. The average molecular weight is 567 g/mol. The van der Waals surface area contributed by atoms with Crippen molar-refractivity contribution >= 4 is 17.9 Å². The van der Waals surface area contributed by atoms with E-state index in [1.54, 1.807) is 0 Å². The molecule has 2 heterocycles. The third-order valence-electron chi connectivity index (χ3n) is 5.18. The number of hydrogen-bond donors (Lipinski definition) is 3. The summed E-state index contributed by atoms with van der Waals surface area (Å²) in [5.74, 6) is 3.26. The van der Waals surface area contributed by atoms with E-state index < -0.39 is 57.7 Å². The number of hydrogen-bond acceptors (Lipinski definition) is 7. The maximum atomic E-state index is 15.7. The third-order valence-corrected chi connectivity index (χ3v) is 5.45. The van der Waals surface area contributed by atoms with Crippen molar-refractivity contribution in [1.82, 2.24) is 15.0 Å². The number of ether oxygens (including phenoxy) is 1. The smallest absolute Gasteiger partial charge is 0.417 e. The molecule has 3 aromatic rings. The molecule has 0 aliphatic rings. The molecule has 38 heavy (non-hydrogen) atoms. The lowest BCUT2D eigenvalue weighted by molar-refractivity contribution is -0.203. The van der Waals surface area contributed by atoms with Gasteiger partial charge in [0.25, 0.3) is 0 Å². The van der Waals surface area contributed by atoms with Gasteiger partial charge in [-0.05, 0) is 24.3 Å². The Morgan fingerprint density at radius 3 is 2.32 bits per heavy atom. The van der Waals surface area contributed by atoms with Gasteiger partial charge in [0.05, 0.1) is 12.1 Å². The van der Waals surface area contributed by atoms with Crippen LogP contribution >= 0.6 is 11.6 Å². The molecule has 0 radical (unpaired) electrons. The first-order valence-electron chi connectivity index (χ1n) is 10.3. The van der Waals surface area contributed by atoms with Gasteiger partial charge in [0, 0.05) is 29.6 Å². The van der Waals surface area contributed by atoms with Crippen LogP contribution in [-0.4, -0.2) is 33.0 Å². The minimum Gasteiger partial charge on any atom is -0.472 e. The summed E-state index contributed by atoms with van der Waals surface area (Å²) in [5.41, 5.74) is -6.33. The molecular weight excluding hydrogens is 549 g/mol. The summed E-state index contributed by atoms with van der Waals surface area (Å²) in [7, 11) is 0. The van der Waals surface area contributed by atoms with Gasteiger partial charge < -0.3 is 15.7 Å². The number of benzene rings is 1. The molecule has 0 spiro atoms. The molecule has 0 aliphatic heterocycles. The average Bonchev–Trinajstić information content (AvgIpc) is 2.82. The Bertz CT molecular complexity index is 1310. The fourth-order valence-electron chi connectivity index (χ4n) is 3.31. The molecular formula is C22H18ClF7N6O2. The second-order valence-electron chi connectivity index (χ2n) is 7.84. The molecule has 5 N–H and O–H groups in total. The predicted octanol–water partition coefficient (Wildman–Crippen LogP) is 4.06. The zero-order chi connectivity index (χ0) is 28.3. The zero-order valence-corrected chi connectivity index (χ0v) is 19.7. The van der Waals surface area contributed by atoms with E-state index in [1.807, 2.05) is 0 Å². The van der Waals surface area contributed by atoms with Crippen molar-refractivity contribution in [2.45, 2.75) is 24.3 Å². The lowest BCUT2D eigenvalue weighted by Gasteiger charge is -2.37. The minimum absolute atomic E-state index is 0.162. The minimum atomic E-state index is -4.67. The van der Waals surface area contributed by atoms with Crippen LogP contribution in [0.2, 0.25) is 5.02 Å². The van der Waals surface area contributed by atoms with Gasteiger partial charge in [-0.25, -0.2) is 19.6 Å². The predicted molar refractivity (Wildman–Crippen MR) is 121 cm³/mol. The van der Waals surface area contributed by atoms with E-state index in [-0.39, 0.29) is 18.1 Å². The lowest BCUT2D eigenvalue weighted by atomic mass is 9.84. The van der Waals surface area contributed by atoms with Crippen LogP contribution in [0.5, 0.6) is 5.88 Å². The summed E-state index contributed by atoms with van der Waals surface area (Å²) >= 11 is 5.77. The molecule has 1 aromatic carbocycles. The van der Waals surface area contributed by atoms with Crippen LogP contribution in [0, 0.1) is 11.6 Å². The van der Waals surface area contributed by atoms with Crippen LogP contribution in [0.15, 0.2) is 53.9 Å². The Balaban J connectivity index is 1.88. The van der Waals surface area contributed by atoms with E-state index in [4.69, 9.17) is 28.0 Å². The highest BCUT2D eigenvalue weighted by Gasteiger charge is 2.58. The summed E-state index contributed by atoms with van der Waals surface area (Å²) in [6.45, 7) is -1.52. The summed E-state index contributed by atoms with van der Waals surface area (Å²) in [6.07, 6.45) is -2.55. The van der Waals surface area contributed by atoms with Gasteiger partial charge in [0.1, 0.15) is 35.3 Å². The van der Waals surface area contributed by atoms with E-state index in [0.717, 1.165) is 18.3 Å². The van der Waals surface area contributed by atoms with E-state index in [0.29, 0.717) is 41.8 Å². The first-order valence-corrected chi connectivity index (χ1v) is 10.7. The van der Waals surface area contributed by atoms with Gasteiger partial charge >= 0.3 is 12.1 Å². The molecule has 16 heteroatoms. The molecule has 0 aliphatic carbocycles. The number of rotatable bonds is 9. The number of nitrogens with two attached hydrogens (primary N) is 2. The van der Waals surface area contributed by atoms with Crippen LogP contribution in [0.3, 0.4) is 0 Å². The number of hydrazine groups is 1.